The summed E-state index contributed by atoms with van der Waals surface area (Å²) in [7, 11) is -3.21. The minimum Gasteiger partial charge on any atom is -0.309 e. The second kappa shape index (κ2) is 7.87. The first-order valence-corrected chi connectivity index (χ1v) is 17.8. The van der Waals surface area contributed by atoms with Gasteiger partial charge in [-0.15, -0.1) is 11.3 Å². The molecule has 1 aliphatic heterocycles. The Kier molecular flexibility index (Phi) is 6.71. The van der Waals surface area contributed by atoms with Gasteiger partial charge in [0, 0.05) is 15.7 Å². The zero-order chi connectivity index (χ0) is 22.6. The zero-order valence-corrected chi connectivity index (χ0v) is 24.0. The van der Waals surface area contributed by atoms with Crippen LogP contribution < -0.4 is 4.50 Å². The van der Waals surface area contributed by atoms with Gasteiger partial charge in [0.25, 0.3) is 0 Å². The second-order valence-electron chi connectivity index (χ2n) is 11.9. The maximum atomic E-state index is 5.21. The lowest BCUT2D eigenvalue weighted by Crippen LogP contribution is -2.54. The highest BCUT2D eigenvalue weighted by atomic mass is 32.1. The van der Waals surface area contributed by atoms with Gasteiger partial charge in [0.05, 0.1) is 5.71 Å². The maximum absolute atomic E-state index is 5.21. The van der Waals surface area contributed by atoms with E-state index in [4.69, 9.17) is 9.65 Å². The van der Waals surface area contributed by atoms with E-state index in [-0.39, 0.29) is 10.8 Å². The lowest BCUT2D eigenvalue weighted by molar-refractivity contribution is 0.299. The molecule has 0 aliphatic carbocycles. The van der Waals surface area contributed by atoms with Crippen molar-refractivity contribution < 1.29 is 0 Å². The Balaban J connectivity index is 2.64. The summed E-state index contributed by atoms with van der Waals surface area (Å²) in [6.45, 7) is 31.0. The van der Waals surface area contributed by atoms with Gasteiger partial charge in [-0.05, 0) is 46.8 Å². The summed E-state index contributed by atoms with van der Waals surface area (Å²) in [6, 6.07) is 4.81. The average molecular weight is 449 g/mol. The van der Waals surface area contributed by atoms with Gasteiger partial charge in [0.15, 0.2) is 8.24 Å². The molecule has 164 valence electrons. The van der Waals surface area contributed by atoms with E-state index in [0.29, 0.717) is 0 Å². The zero-order valence-electron chi connectivity index (χ0n) is 21.2. The molecule has 0 saturated carbocycles. The molecule has 0 aromatic carbocycles. The molecule has 0 fully saturated rings. The molecule has 1 aromatic rings. The first-order chi connectivity index (χ1) is 13.0. The maximum Gasteiger partial charge on any atom is 0.174 e. The van der Waals surface area contributed by atoms with Crippen molar-refractivity contribution in [3.8, 4) is 0 Å². The van der Waals surface area contributed by atoms with Crippen molar-refractivity contribution in [3.63, 3.8) is 0 Å². The highest BCUT2D eigenvalue weighted by Crippen LogP contribution is 2.49. The molecule has 2 rings (SSSR count). The number of rotatable bonds is 6. The van der Waals surface area contributed by atoms with E-state index in [1.165, 1.54) is 10.6 Å². The third kappa shape index (κ3) is 4.03. The molecule has 0 atom stereocenters. The van der Waals surface area contributed by atoms with Crippen LogP contribution in [0.5, 0.6) is 0 Å². The molecule has 0 spiro atoms. The summed E-state index contributed by atoms with van der Waals surface area (Å²) in [5, 5.41) is 0. The predicted molar refractivity (Wildman–Crippen MR) is 140 cm³/mol. The standard InChI is InChI=1S/C24H44N2SSi2/c1-16(2)29(17(3)4,18(5)6)20-15-14-19(27-20)21-23(7,8)24(9,10)22(25-21)26-28(11,12)13/h14-18H,1-13H3/b26-22+. The van der Waals surface area contributed by atoms with Crippen molar-refractivity contribution >= 4 is 43.7 Å². The Morgan fingerprint density at radius 2 is 1.31 bits per heavy atom. The van der Waals surface area contributed by atoms with Gasteiger partial charge in [-0.3, -0.25) is 0 Å². The fourth-order valence-corrected chi connectivity index (χ4v) is 16.5. The molecule has 1 aliphatic rings. The summed E-state index contributed by atoms with van der Waals surface area (Å²) in [4.78, 5) is 6.57. The van der Waals surface area contributed by atoms with Gasteiger partial charge >= 0.3 is 0 Å². The van der Waals surface area contributed by atoms with Crippen LogP contribution in [-0.4, -0.2) is 27.9 Å². The summed E-state index contributed by atoms with van der Waals surface area (Å²) >= 11 is 2.03. The molecule has 2 nitrogen and oxygen atoms in total. The van der Waals surface area contributed by atoms with E-state index in [0.717, 1.165) is 22.5 Å². The van der Waals surface area contributed by atoms with Crippen molar-refractivity contribution in [2.45, 2.75) is 106 Å². The summed E-state index contributed by atoms with van der Waals surface area (Å²) in [6.07, 6.45) is 0. The average Bonchev–Trinajstić information content (AvgIpc) is 3.03. The van der Waals surface area contributed by atoms with Crippen LogP contribution in [0.15, 0.2) is 21.8 Å². The van der Waals surface area contributed by atoms with Gasteiger partial charge < -0.3 is 4.66 Å². The third-order valence-corrected chi connectivity index (χ3v) is 17.4. The predicted octanol–water partition coefficient (Wildman–Crippen LogP) is 7.72. The Morgan fingerprint density at radius 1 is 0.828 bits per heavy atom. The molecule has 0 bridgehead atoms. The van der Waals surface area contributed by atoms with Crippen LogP contribution in [-0.2, 0) is 0 Å². The fourth-order valence-electron chi connectivity index (χ4n) is 5.36. The molecular formula is C24H44N2SSi2. The minimum atomic E-state index is -1.63. The number of hydrogen-bond donors (Lipinski definition) is 0. The molecule has 29 heavy (non-hydrogen) atoms. The Hall–Kier alpha value is -0.526. The lowest BCUT2D eigenvalue weighted by atomic mass is 9.66. The Labute approximate surface area is 186 Å². The van der Waals surface area contributed by atoms with Crippen molar-refractivity contribution in [1.29, 1.82) is 0 Å². The number of amidine groups is 1. The quantitative estimate of drug-likeness (QED) is 0.398. The second-order valence-corrected chi connectivity index (χ2v) is 23.8. The molecule has 0 radical (unpaired) electrons. The van der Waals surface area contributed by atoms with Gasteiger partial charge in [-0.25, -0.2) is 4.99 Å². The SMILES string of the molecule is CC(C)[Si](c1ccc(C2=N/C(=N/[Si](C)(C)C)C(C)(C)C2(C)C)s1)(C(C)C)C(C)C. The third-order valence-electron chi connectivity index (χ3n) is 7.50. The van der Waals surface area contributed by atoms with E-state index in [9.17, 15) is 0 Å². The van der Waals surface area contributed by atoms with E-state index in [1.807, 2.05) is 11.3 Å². The molecule has 0 N–H and O–H groups in total. The largest absolute Gasteiger partial charge is 0.309 e. The van der Waals surface area contributed by atoms with Gasteiger partial charge in [-0.1, -0.05) is 75.3 Å². The van der Waals surface area contributed by atoms with Crippen molar-refractivity contribution in [2.24, 2.45) is 20.5 Å². The van der Waals surface area contributed by atoms with E-state index in [2.05, 4.69) is 101 Å². The van der Waals surface area contributed by atoms with E-state index in [1.54, 1.807) is 4.50 Å². The highest BCUT2D eigenvalue weighted by Gasteiger charge is 2.52. The fraction of sp³-hybridized carbons (Fsp3) is 0.750. The van der Waals surface area contributed by atoms with Gasteiger partial charge in [-0.2, -0.15) is 0 Å². The van der Waals surface area contributed by atoms with Crippen LogP contribution in [0.1, 0.15) is 74.1 Å². The van der Waals surface area contributed by atoms with Crippen LogP contribution in [0.2, 0.25) is 36.3 Å². The van der Waals surface area contributed by atoms with E-state index < -0.39 is 16.3 Å². The lowest BCUT2D eigenvalue weighted by Gasteiger charge is -2.42. The first-order valence-electron chi connectivity index (χ1n) is 11.3. The smallest absolute Gasteiger partial charge is 0.174 e. The normalized spacial score (nSPS) is 21.0. The van der Waals surface area contributed by atoms with Crippen LogP contribution in [0.25, 0.3) is 0 Å². The highest BCUT2D eigenvalue weighted by molar-refractivity contribution is 7.29. The number of hydrogen-bond acceptors (Lipinski definition) is 2. The molecule has 0 saturated heterocycles. The van der Waals surface area contributed by atoms with Gasteiger partial charge in [0.1, 0.15) is 13.9 Å². The molecule has 5 heteroatoms. The van der Waals surface area contributed by atoms with Crippen molar-refractivity contribution in [1.82, 2.24) is 0 Å². The summed E-state index contributed by atoms with van der Waals surface area (Å²) < 4.78 is 6.81. The van der Waals surface area contributed by atoms with Crippen molar-refractivity contribution in [2.75, 3.05) is 0 Å². The van der Waals surface area contributed by atoms with Crippen LogP contribution in [0.4, 0.5) is 0 Å². The monoisotopic (exact) mass is 448 g/mol. The van der Waals surface area contributed by atoms with Crippen LogP contribution in [0, 0.1) is 10.8 Å². The molecule has 1 aromatic heterocycles. The molecule has 0 amide bonds. The molecule has 2 heterocycles. The minimum absolute atomic E-state index is 0.0225. The van der Waals surface area contributed by atoms with Crippen LogP contribution in [0.3, 0.4) is 0 Å². The van der Waals surface area contributed by atoms with E-state index >= 15 is 0 Å². The summed E-state index contributed by atoms with van der Waals surface area (Å²) in [5.41, 5.74) is 3.37. The topological polar surface area (TPSA) is 24.7 Å². The number of aliphatic imine (C=N–C) groups is 1. The number of thiophene rings is 1. The number of nitrogens with zero attached hydrogens (tertiary/aromatic N) is 2. The first kappa shape index (κ1) is 24.7. The molecule has 0 unspecified atom stereocenters. The Morgan fingerprint density at radius 3 is 1.72 bits per heavy atom. The van der Waals surface area contributed by atoms with Gasteiger partial charge in [0.2, 0.25) is 0 Å². The Bertz CT molecular complexity index is 783. The summed E-state index contributed by atoms with van der Waals surface area (Å²) in [5.74, 6) is 1.06. The molecular weight excluding hydrogens is 405 g/mol. The van der Waals surface area contributed by atoms with Crippen molar-refractivity contribution in [3.05, 3.63) is 17.0 Å². The van der Waals surface area contributed by atoms with Crippen LogP contribution >= 0.6 is 11.3 Å².